The first-order valence-corrected chi connectivity index (χ1v) is 9.49. The Kier molecular flexibility index (Phi) is 6.32. The molecule has 0 aliphatic carbocycles. The van der Waals surface area contributed by atoms with Gasteiger partial charge in [-0.05, 0) is 68.8 Å². The molecule has 0 aliphatic heterocycles. The molecule has 2 N–H and O–H groups in total. The van der Waals surface area contributed by atoms with Crippen molar-refractivity contribution in [3.05, 3.63) is 60.3 Å². The van der Waals surface area contributed by atoms with Gasteiger partial charge in [0.2, 0.25) is 5.95 Å². The summed E-state index contributed by atoms with van der Waals surface area (Å²) in [5.74, 6) is 2.00. The van der Waals surface area contributed by atoms with Crippen molar-refractivity contribution in [3.8, 4) is 5.75 Å². The van der Waals surface area contributed by atoms with Gasteiger partial charge in [0.15, 0.2) is 0 Å². The lowest BCUT2D eigenvalue weighted by molar-refractivity contribution is 0.416. The van der Waals surface area contributed by atoms with E-state index in [1.165, 1.54) is 5.69 Å². The maximum atomic E-state index is 5.42. The molecule has 2 aromatic carbocycles. The molecule has 28 heavy (non-hydrogen) atoms. The van der Waals surface area contributed by atoms with Gasteiger partial charge in [0.05, 0.1) is 12.8 Å². The van der Waals surface area contributed by atoms with E-state index in [0.717, 1.165) is 35.8 Å². The van der Waals surface area contributed by atoms with Gasteiger partial charge in [-0.25, -0.2) is 4.98 Å². The van der Waals surface area contributed by atoms with Crippen molar-refractivity contribution in [3.63, 3.8) is 0 Å². The van der Waals surface area contributed by atoms with Gasteiger partial charge in [-0.2, -0.15) is 4.98 Å². The highest BCUT2D eigenvalue weighted by atomic mass is 16.5. The van der Waals surface area contributed by atoms with Crippen molar-refractivity contribution < 1.29 is 4.74 Å². The third-order valence-corrected chi connectivity index (χ3v) is 4.53. The van der Waals surface area contributed by atoms with Crippen LogP contribution in [-0.2, 0) is 0 Å². The second-order valence-electron chi connectivity index (χ2n) is 6.44. The van der Waals surface area contributed by atoms with E-state index in [9.17, 15) is 0 Å². The molecule has 0 aliphatic rings. The third kappa shape index (κ3) is 4.71. The molecule has 0 radical (unpaired) electrons. The molecule has 3 aromatic rings. The van der Waals surface area contributed by atoms with Gasteiger partial charge in [-0.1, -0.05) is 6.07 Å². The molecule has 3 rings (SSSR count). The van der Waals surface area contributed by atoms with Crippen LogP contribution < -0.4 is 20.3 Å². The molecule has 146 valence electrons. The number of methoxy groups -OCH3 is 1. The van der Waals surface area contributed by atoms with E-state index in [-0.39, 0.29) is 0 Å². The molecule has 0 atom stereocenters. The van der Waals surface area contributed by atoms with Crippen molar-refractivity contribution in [1.29, 1.82) is 0 Å². The summed E-state index contributed by atoms with van der Waals surface area (Å²) in [5, 5.41) is 6.57. The third-order valence-electron chi connectivity index (χ3n) is 4.53. The summed E-state index contributed by atoms with van der Waals surface area (Å²) in [5.41, 5.74) is 4.17. The number of rotatable bonds is 8. The van der Waals surface area contributed by atoms with Gasteiger partial charge in [-0.15, -0.1) is 0 Å². The molecule has 1 aromatic heterocycles. The summed E-state index contributed by atoms with van der Waals surface area (Å²) in [4.78, 5) is 11.2. The summed E-state index contributed by atoms with van der Waals surface area (Å²) in [6.07, 6.45) is 1.73. The number of nitrogens with zero attached hydrogens (tertiary/aromatic N) is 3. The number of aromatic nitrogens is 2. The highest BCUT2D eigenvalue weighted by Crippen LogP contribution is 2.28. The lowest BCUT2D eigenvalue weighted by atomic mass is 10.2. The van der Waals surface area contributed by atoms with Crippen LogP contribution >= 0.6 is 0 Å². The largest absolute Gasteiger partial charge is 0.495 e. The number of hydrogen-bond donors (Lipinski definition) is 2. The van der Waals surface area contributed by atoms with Crippen molar-refractivity contribution in [2.45, 2.75) is 20.8 Å². The maximum absolute atomic E-state index is 5.42. The zero-order valence-corrected chi connectivity index (χ0v) is 16.9. The molecule has 0 saturated heterocycles. The van der Waals surface area contributed by atoms with Crippen LogP contribution in [-0.4, -0.2) is 30.2 Å². The van der Waals surface area contributed by atoms with Crippen molar-refractivity contribution in [2.75, 3.05) is 35.7 Å². The van der Waals surface area contributed by atoms with Gasteiger partial charge in [-0.3, -0.25) is 0 Å². The molecular weight excluding hydrogens is 350 g/mol. The average Bonchev–Trinajstić information content (AvgIpc) is 2.71. The smallest absolute Gasteiger partial charge is 0.229 e. The zero-order chi connectivity index (χ0) is 19.9. The minimum absolute atomic E-state index is 0.534. The normalized spacial score (nSPS) is 10.4. The number of aryl methyl sites for hydroxylation is 1. The predicted octanol–water partition coefficient (Wildman–Crippen LogP) is 5.13. The SMILES string of the molecule is CCN(CC)c1ccc(Nc2nccc(Nc3cc(C)ccc3OC)n2)cc1. The number of nitrogens with one attached hydrogen (secondary N) is 2. The van der Waals surface area contributed by atoms with Crippen LogP contribution in [0.1, 0.15) is 19.4 Å². The second-order valence-corrected chi connectivity index (χ2v) is 6.44. The molecular formula is C22H27N5O. The maximum Gasteiger partial charge on any atom is 0.229 e. The van der Waals surface area contributed by atoms with E-state index >= 15 is 0 Å². The summed E-state index contributed by atoms with van der Waals surface area (Å²) < 4.78 is 5.42. The number of hydrogen-bond acceptors (Lipinski definition) is 6. The predicted molar refractivity (Wildman–Crippen MR) is 116 cm³/mol. The first-order valence-electron chi connectivity index (χ1n) is 9.49. The highest BCUT2D eigenvalue weighted by Gasteiger charge is 2.07. The average molecular weight is 377 g/mol. The van der Waals surface area contributed by atoms with Crippen LogP contribution in [0.4, 0.5) is 28.8 Å². The van der Waals surface area contributed by atoms with E-state index in [2.05, 4.69) is 51.5 Å². The van der Waals surface area contributed by atoms with Crippen LogP contribution in [0.15, 0.2) is 54.7 Å². The molecule has 0 amide bonds. The van der Waals surface area contributed by atoms with E-state index < -0.39 is 0 Å². The van der Waals surface area contributed by atoms with Crippen molar-refractivity contribution >= 4 is 28.8 Å². The van der Waals surface area contributed by atoms with Gasteiger partial charge in [0, 0.05) is 30.7 Å². The fourth-order valence-corrected chi connectivity index (χ4v) is 3.02. The summed E-state index contributed by atoms with van der Waals surface area (Å²) >= 11 is 0. The minimum atomic E-state index is 0.534. The van der Waals surface area contributed by atoms with Gasteiger partial charge in [0.25, 0.3) is 0 Å². The Morgan fingerprint density at radius 1 is 0.964 bits per heavy atom. The number of benzene rings is 2. The first kappa shape index (κ1) is 19.5. The quantitative estimate of drug-likeness (QED) is 0.568. The van der Waals surface area contributed by atoms with Crippen LogP contribution in [0.2, 0.25) is 0 Å². The Balaban J connectivity index is 1.74. The lowest BCUT2D eigenvalue weighted by Crippen LogP contribution is -2.21. The lowest BCUT2D eigenvalue weighted by Gasteiger charge is -2.21. The first-order chi connectivity index (χ1) is 13.6. The number of ether oxygens (including phenoxy) is 1. The second kappa shape index (κ2) is 9.08. The monoisotopic (exact) mass is 377 g/mol. The molecule has 0 spiro atoms. The summed E-state index contributed by atoms with van der Waals surface area (Å²) in [6.45, 7) is 8.33. The molecule has 1 heterocycles. The Hall–Kier alpha value is -3.28. The van der Waals surface area contributed by atoms with Gasteiger partial charge < -0.3 is 20.3 Å². The summed E-state index contributed by atoms with van der Waals surface area (Å²) in [6, 6.07) is 16.1. The van der Waals surface area contributed by atoms with E-state index in [4.69, 9.17) is 4.74 Å². The molecule has 0 unspecified atom stereocenters. The van der Waals surface area contributed by atoms with Gasteiger partial charge in [0.1, 0.15) is 11.6 Å². The fraction of sp³-hybridized carbons (Fsp3) is 0.273. The van der Waals surface area contributed by atoms with Crippen molar-refractivity contribution in [2.24, 2.45) is 0 Å². The molecule has 0 fully saturated rings. The van der Waals surface area contributed by atoms with Crippen LogP contribution in [0.5, 0.6) is 5.75 Å². The summed E-state index contributed by atoms with van der Waals surface area (Å²) in [7, 11) is 1.66. The molecule has 6 nitrogen and oxygen atoms in total. The highest BCUT2D eigenvalue weighted by molar-refractivity contribution is 5.66. The Morgan fingerprint density at radius 3 is 2.39 bits per heavy atom. The Bertz CT molecular complexity index is 907. The Labute approximate surface area is 166 Å². The number of anilines is 5. The molecule has 0 saturated carbocycles. The standard InChI is InChI=1S/C22H27N5O/c1-5-27(6-2)18-10-8-17(9-11-18)24-22-23-14-13-21(26-22)25-19-15-16(3)7-12-20(19)28-4/h7-15H,5-6H2,1-4H3,(H2,23,24,25,26). The van der Waals surface area contributed by atoms with Crippen molar-refractivity contribution in [1.82, 2.24) is 9.97 Å². The fourth-order valence-electron chi connectivity index (χ4n) is 3.02. The topological polar surface area (TPSA) is 62.3 Å². The van der Waals surface area contributed by atoms with E-state index in [0.29, 0.717) is 11.8 Å². The van der Waals surface area contributed by atoms with Crippen LogP contribution in [0, 0.1) is 6.92 Å². The molecule has 6 heteroatoms. The molecule has 0 bridgehead atoms. The van der Waals surface area contributed by atoms with Gasteiger partial charge >= 0.3 is 0 Å². The van der Waals surface area contributed by atoms with Crippen LogP contribution in [0.3, 0.4) is 0 Å². The van der Waals surface area contributed by atoms with E-state index in [1.807, 2.05) is 43.3 Å². The van der Waals surface area contributed by atoms with E-state index in [1.54, 1.807) is 13.3 Å². The minimum Gasteiger partial charge on any atom is -0.495 e. The zero-order valence-electron chi connectivity index (χ0n) is 16.9. The Morgan fingerprint density at radius 2 is 1.71 bits per heavy atom. The van der Waals surface area contributed by atoms with Crippen LogP contribution in [0.25, 0.3) is 0 Å².